The van der Waals surface area contributed by atoms with Gasteiger partial charge in [0.05, 0.1) is 0 Å². The summed E-state index contributed by atoms with van der Waals surface area (Å²) in [4.78, 5) is 13.8. The number of nitrogens with zero attached hydrogens (tertiary/aromatic N) is 1. The second-order valence-electron chi connectivity index (χ2n) is 4.24. The SMILES string of the molecule is CCN(C(=O)c1c(O)cccc1O)c1cccc(O)c1. The van der Waals surface area contributed by atoms with Crippen LogP contribution in [0.1, 0.15) is 17.3 Å². The number of benzene rings is 2. The Morgan fingerprint density at radius 3 is 2.20 bits per heavy atom. The van der Waals surface area contributed by atoms with Crippen molar-refractivity contribution in [2.75, 3.05) is 11.4 Å². The summed E-state index contributed by atoms with van der Waals surface area (Å²) in [5, 5.41) is 29.0. The van der Waals surface area contributed by atoms with Crippen molar-refractivity contribution in [2.24, 2.45) is 0 Å². The largest absolute Gasteiger partial charge is 0.508 e. The first-order chi connectivity index (χ1) is 9.54. The Hall–Kier alpha value is -2.69. The molecule has 0 aliphatic heterocycles. The fraction of sp³-hybridized carbons (Fsp3) is 0.133. The Balaban J connectivity index is 2.45. The van der Waals surface area contributed by atoms with E-state index < -0.39 is 5.91 Å². The first-order valence-corrected chi connectivity index (χ1v) is 6.16. The summed E-state index contributed by atoms with van der Waals surface area (Å²) < 4.78 is 0. The number of rotatable bonds is 3. The molecule has 5 heteroatoms. The number of hydrogen-bond donors (Lipinski definition) is 3. The van der Waals surface area contributed by atoms with Gasteiger partial charge in [0.15, 0.2) is 0 Å². The van der Waals surface area contributed by atoms with Crippen molar-refractivity contribution in [1.29, 1.82) is 0 Å². The van der Waals surface area contributed by atoms with E-state index in [2.05, 4.69) is 0 Å². The number of amides is 1. The third kappa shape index (κ3) is 2.51. The lowest BCUT2D eigenvalue weighted by molar-refractivity contribution is 0.0983. The Bertz CT molecular complexity index is 619. The highest BCUT2D eigenvalue weighted by Crippen LogP contribution is 2.30. The second-order valence-corrected chi connectivity index (χ2v) is 4.24. The van der Waals surface area contributed by atoms with E-state index in [1.807, 2.05) is 0 Å². The van der Waals surface area contributed by atoms with Gasteiger partial charge < -0.3 is 20.2 Å². The molecule has 20 heavy (non-hydrogen) atoms. The zero-order valence-corrected chi connectivity index (χ0v) is 10.9. The molecule has 0 unspecified atom stereocenters. The number of phenolic OH excluding ortho intramolecular Hbond substituents is 3. The van der Waals surface area contributed by atoms with Gasteiger partial charge in [0.25, 0.3) is 5.91 Å². The molecule has 0 spiro atoms. The molecular formula is C15H15NO4. The summed E-state index contributed by atoms with van der Waals surface area (Å²) in [6.45, 7) is 2.09. The summed E-state index contributed by atoms with van der Waals surface area (Å²) in [7, 11) is 0. The van der Waals surface area contributed by atoms with Crippen LogP contribution in [-0.2, 0) is 0 Å². The van der Waals surface area contributed by atoms with E-state index in [0.717, 1.165) is 0 Å². The molecule has 3 N–H and O–H groups in total. The van der Waals surface area contributed by atoms with Gasteiger partial charge >= 0.3 is 0 Å². The standard InChI is InChI=1S/C15H15NO4/c1-2-16(10-5-3-6-11(17)9-10)15(20)14-12(18)7-4-8-13(14)19/h3-9,17-19H,2H2,1H3. The Labute approximate surface area is 116 Å². The monoisotopic (exact) mass is 273 g/mol. The Morgan fingerprint density at radius 1 is 1.05 bits per heavy atom. The lowest BCUT2D eigenvalue weighted by atomic mass is 10.1. The summed E-state index contributed by atoms with van der Waals surface area (Å²) in [5.41, 5.74) is 0.331. The van der Waals surface area contributed by atoms with Gasteiger partial charge in [-0.15, -0.1) is 0 Å². The highest BCUT2D eigenvalue weighted by molar-refractivity contribution is 6.09. The van der Waals surface area contributed by atoms with Crippen molar-refractivity contribution in [3.63, 3.8) is 0 Å². The third-order valence-corrected chi connectivity index (χ3v) is 2.94. The quantitative estimate of drug-likeness (QED) is 0.802. The Kier molecular flexibility index (Phi) is 3.79. The third-order valence-electron chi connectivity index (χ3n) is 2.94. The first kappa shape index (κ1) is 13.7. The van der Waals surface area contributed by atoms with Crippen LogP contribution < -0.4 is 4.90 Å². The number of phenols is 3. The number of carbonyl (C=O) groups is 1. The Morgan fingerprint density at radius 2 is 1.65 bits per heavy atom. The minimum Gasteiger partial charge on any atom is -0.508 e. The van der Waals surface area contributed by atoms with Crippen molar-refractivity contribution in [1.82, 2.24) is 0 Å². The fourth-order valence-corrected chi connectivity index (χ4v) is 1.99. The summed E-state index contributed by atoms with van der Waals surface area (Å²) in [6, 6.07) is 10.3. The average Bonchev–Trinajstić information content (AvgIpc) is 2.39. The zero-order chi connectivity index (χ0) is 14.7. The zero-order valence-electron chi connectivity index (χ0n) is 10.9. The maximum atomic E-state index is 12.5. The van der Waals surface area contributed by atoms with Crippen LogP contribution in [0.15, 0.2) is 42.5 Å². The first-order valence-electron chi connectivity index (χ1n) is 6.16. The van der Waals surface area contributed by atoms with Crippen molar-refractivity contribution in [3.8, 4) is 17.2 Å². The van der Waals surface area contributed by atoms with Crippen LogP contribution in [0.2, 0.25) is 0 Å². The number of carbonyl (C=O) groups excluding carboxylic acids is 1. The fourth-order valence-electron chi connectivity index (χ4n) is 1.99. The highest BCUT2D eigenvalue weighted by atomic mass is 16.3. The molecule has 1 amide bonds. The molecule has 0 aliphatic rings. The molecule has 2 aromatic rings. The molecule has 0 fully saturated rings. The van der Waals surface area contributed by atoms with E-state index in [-0.39, 0.29) is 22.8 Å². The molecule has 0 aromatic heterocycles. The average molecular weight is 273 g/mol. The van der Waals surface area contributed by atoms with Crippen LogP contribution >= 0.6 is 0 Å². The van der Waals surface area contributed by atoms with Crippen LogP contribution in [0.25, 0.3) is 0 Å². The lowest BCUT2D eigenvalue weighted by Gasteiger charge is -2.22. The number of anilines is 1. The number of hydrogen-bond acceptors (Lipinski definition) is 4. The highest BCUT2D eigenvalue weighted by Gasteiger charge is 2.22. The van der Waals surface area contributed by atoms with Crippen molar-refractivity contribution in [2.45, 2.75) is 6.92 Å². The molecule has 0 bridgehead atoms. The van der Waals surface area contributed by atoms with Gasteiger partial charge in [0, 0.05) is 18.3 Å². The minimum atomic E-state index is -0.534. The van der Waals surface area contributed by atoms with Crippen LogP contribution in [0.3, 0.4) is 0 Å². The van der Waals surface area contributed by atoms with E-state index in [0.29, 0.717) is 12.2 Å². The van der Waals surface area contributed by atoms with Crippen LogP contribution in [-0.4, -0.2) is 27.8 Å². The summed E-state index contributed by atoms with van der Waals surface area (Å²) in [6.07, 6.45) is 0. The second kappa shape index (κ2) is 5.52. The van der Waals surface area contributed by atoms with E-state index in [1.54, 1.807) is 19.1 Å². The lowest BCUT2D eigenvalue weighted by Crippen LogP contribution is -2.30. The molecule has 2 rings (SSSR count). The van der Waals surface area contributed by atoms with Crippen LogP contribution in [0, 0.1) is 0 Å². The van der Waals surface area contributed by atoms with Gasteiger partial charge in [-0.05, 0) is 31.2 Å². The molecule has 0 radical (unpaired) electrons. The van der Waals surface area contributed by atoms with E-state index in [9.17, 15) is 20.1 Å². The molecule has 0 saturated carbocycles. The number of aromatic hydroxyl groups is 3. The normalized spacial score (nSPS) is 10.2. The molecule has 0 saturated heterocycles. The van der Waals surface area contributed by atoms with Crippen molar-refractivity contribution >= 4 is 11.6 Å². The van der Waals surface area contributed by atoms with Gasteiger partial charge in [-0.25, -0.2) is 0 Å². The molecule has 0 heterocycles. The van der Waals surface area contributed by atoms with Gasteiger partial charge in [-0.2, -0.15) is 0 Å². The van der Waals surface area contributed by atoms with Gasteiger partial charge in [0.2, 0.25) is 0 Å². The maximum Gasteiger partial charge on any atom is 0.265 e. The predicted octanol–water partition coefficient (Wildman–Crippen LogP) is 2.47. The van der Waals surface area contributed by atoms with Crippen LogP contribution in [0.4, 0.5) is 5.69 Å². The van der Waals surface area contributed by atoms with Gasteiger partial charge in [0.1, 0.15) is 22.8 Å². The topological polar surface area (TPSA) is 81.0 Å². The molecule has 0 atom stereocenters. The van der Waals surface area contributed by atoms with Crippen molar-refractivity contribution in [3.05, 3.63) is 48.0 Å². The minimum absolute atomic E-state index is 0.0373. The van der Waals surface area contributed by atoms with E-state index in [1.165, 1.54) is 35.2 Å². The molecule has 0 aliphatic carbocycles. The molecule has 104 valence electrons. The van der Waals surface area contributed by atoms with Gasteiger partial charge in [-0.3, -0.25) is 4.79 Å². The molecule has 5 nitrogen and oxygen atoms in total. The van der Waals surface area contributed by atoms with Gasteiger partial charge in [-0.1, -0.05) is 12.1 Å². The molecular weight excluding hydrogens is 258 g/mol. The smallest absolute Gasteiger partial charge is 0.265 e. The van der Waals surface area contributed by atoms with E-state index >= 15 is 0 Å². The summed E-state index contributed by atoms with van der Waals surface area (Å²) >= 11 is 0. The van der Waals surface area contributed by atoms with Crippen LogP contribution in [0.5, 0.6) is 17.2 Å². The maximum absolute atomic E-state index is 12.5. The van der Waals surface area contributed by atoms with E-state index in [4.69, 9.17) is 0 Å². The molecule has 2 aromatic carbocycles. The van der Waals surface area contributed by atoms with Crippen molar-refractivity contribution < 1.29 is 20.1 Å². The predicted molar refractivity (Wildman–Crippen MR) is 75.2 cm³/mol. The summed E-state index contributed by atoms with van der Waals surface area (Å²) in [5.74, 6) is -1.06.